The summed E-state index contributed by atoms with van der Waals surface area (Å²) in [6.07, 6.45) is 5.47. The minimum Gasteiger partial charge on any atom is -0.378 e. The molecule has 2 aromatic rings. The maximum Gasteiger partial charge on any atom is 0.0595 e. The van der Waals surface area contributed by atoms with E-state index < -0.39 is 0 Å². The second-order valence-corrected chi connectivity index (χ2v) is 7.66. The molecule has 118 valence electrons. The van der Waals surface area contributed by atoms with E-state index in [0.717, 1.165) is 23.2 Å². The molecule has 0 radical (unpaired) electrons. The number of hydrogen-bond donors (Lipinski definition) is 1. The van der Waals surface area contributed by atoms with Gasteiger partial charge in [-0.05, 0) is 42.2 Å². The molecule has 3 atom stereocenters. The fraction of sp³-hybridized carbons (Fsp3) is 0.222. The molecule has 0 saturated heterocycles. The highest BCUT2D eigenvalue weighted by molar-refractivity contribution is 6.42. The Hall–Kier alpha value is -0.860. The second kappa shape index (κ2) is 5.89. The molecule has 0 fully saturated rings. The van der Waals surface area contributed by atoms with Crippen molar-refractivity contribution in [1.82, 2.24) is 0 Å². The molecular formula is C18H13Cl4N. The minimum absolute atomic E-state index is 0.145. The predicted molar refractivity (Wildman–Crippen MR) is 99.3 cm³/mol. The Morgan fingerprint density at radius 1 is 0.913 bits per heavy atom. The topological polar surface area (TPSA) is 12.0 Å². The number of benzene rings is 2. The first-order valence-corrected chi connectivity index (χ1v) is 8.93. The van der Waals surface area contributed by atoms with Crippen molar-refractivity contribution in [3.8, 4) is 0 Å². The molecule has 1 nitrogen and oxygen atoms in total. The zero-order valence-electron chi connectivity index (χ0n) is 12.0. The normalized spacial score (nSPS) is 25.0. The first-order chi connectivity index (χ1) is 11.0. The Morgan fingerprint density at radius 3 is 2.52 bits per heavy atom. The van der Waals surface area contributed by atoms with Crippen molar-refractivity contribution in [2.45, 2.75) is 18.4 Å². The lowest BCUT2D eigenvalue weighted by Crippen LogP contribution is -2.29. The van der Waals surface area contributed by atoms with Gasteiger partial charge in [-0.2, -0.15) is 0 Å². The van der Waals surface area contributed by atoms with Crippen LogP contribution < -0.4 is 5.32 Å². The predicted octanol–water partition coefficient (Wildman–Crippen LogP) is 7.13. The molecule has 0 saturated carbocycles. The summed E-state index contributed by atoms with van der Waals surface area (Å²) >= 11 is 24.9. The van der Waals surface area contributed by atoms with Crippen molar-refractivity contribution < 1.29 is 0 Å². The Bertz CT molecular complexity index is 815. The Kier molecular flexibility index (Phi) is 4.01. The van der Waals surface area contributed by atoms with Gasteiger partial charge < -0.3 is 5.32 Å². The monoisotopic (exact) mass is 383 g/mol. The van der Waals surface area contributed by atoms with Crippen LogP contribution in [0.25, 0.3) is 0 Å². The van der Waals surface area contributed by atoms with Gasteiger partial charge in [0.05, 0.1) is 16.1 Å². The van der Waals surface area contributed by atoms with E-state index in [9.17, 15) is 0 Å². The first kappa shape index (κ1) is 15.7. The molecule has 1 N–H and O–H groups in total. The zero-order chi connectivity index (χ0) is 16.1. The Labute approximate surface area is 155 Å². The van der Waals surface area contributed by atoms with Crippen molar-refractivity contribution in [2.75, 3.05) is 5.32 Å². The molecular weight excluding hydrogens is 372 g/mol. The van der Waals surface area contributed by atoms with E-state index in [4.69, 9.17) is 46.4 Å². The van der Waals surface area contributed by atoms with Crippen molar-refractivity contribution in [3.05, 3.63) is 73.7 Å². The molecule has 0 spiro atoms. The van der Waals surface area contributed by atoms with Gasteiger partial charge in [-0.15, -0.1) is 0 Å². The summed E-state index contributed by atoms with van der Waals surface area (Å²) < 4.78 is 0. The van der Waals surface area contributed by atoms with Crippen molar-refractivity contribution >= 4 is 52.1 Å². The highest BCUT2D eigenvalue weighted by Gasteiger charge is 2.39. The molecule has 0 unspecified atom stereocenters. The van der Waals surface area contributed by atoms with E-state index in [1.807, 2.05) is 30.3 Å². The van der Waals surface area contributed by atoms with Crippen LogP contribution in [-0.2, 0) is 0 Å². The molecule has 2 aliphatic rings. The van der Waals surface area contributed by atoms with Gasteiger partial charge in [0.25, 0.3) is 0 Å². The van der Waals surface area contributed by atoms with Gasteiger partial charge in [-0.1, -0.05) is 64.6 Å². The summed E-state index contributed by atoms with van der Waals surface area (Å²) in [4.78, 5) is 0. The van der Waals surface area contributed by atoms with Gasteiger partial charge in [0.15, 0.2) is 0 Å². The average molecular weight is 385 g/mol. The third kappa shape index (κ3) is 2.64. The number of allylic oxidation sites excluding steroid dienone is 2. The molecule has 1 aliphatic carbocycles. The molecule has 5 heteroatoms. The van der Waals surface area contributed by atoms with E-state index in [2.05, 4.69) is 17.5 Å². The summed E-state index contributed by atoms with van der Waals surface area (Å²) in [5.41, 5.74) is 3.25. The van der Waals surface area contributed by atoms with Gasteiger partial charge in [0.2, 0.25) is 0 Å². The number of anilines is 1. The minimum atomic E-state index is 0.145. The van der Waals surface area contributed by atoms with E-state index in [1.54, 1.807) is 0 Å². The number of fused-ring (bicyclic) bond motifs is 3. The van der Waals surface area contributed by atoms with Crippen molar-refractivity contribution in [1.29, 1.82) is 0 Å². The van der Waals surface area contributed by atoms with Crippen LogP contribution in [0.4, 0.5) is 5.69 Å². The third-order valence-corrected chi connectivity index (χ3v) is 5.95. The maximum atomic E-state index is 6.46. The van der Waals surface area contributed by atoms with Crippen molar-refractivity contribution in [2.24, 2.45) is 5.92 Å². The lowest BCUT2D eigenvalue weighted by Gasteiger charge is -2.38. The standard InChI is InChI=1S/C18H13Cl4N/c19-10-7-15(22)17-11-2-1-3-12(11)18(23-16(17)8-10)9-4-5-13(20)14(21)6-9/h1-2,4-8,11-12,18,23H,3H2/t11-,12-,18-/m1/s1. The van der Waals surface area contributed by atoms with Gasteiger partial charge in [0, 0.05) is 27.2 Å². The highest BCUT2D eigenvalue weighted by atomic mass is 35.5. The van der Waals surface area contributed by atoms with Crippen molar-refractivity contribution in [3.63, 3.8) is 0 Å². The fourth-order valence-corrected chi connectivity index (χ4v) is 4.61. The fourth-order valence-electron chi connectivity index (χ4n) is 3.68. The number of hydrogen-bond acceptors (Lipinski definition) is 1. The van der Waals surface area contributed by atoms with Crippen LogP contribution in [-0.4, -0.2) is 0 Å². The van der Waals surface area contributed by atoms with Crippen LogP contribution in [0.2, 0.25) is 20.1 Å². The van der Waals surface area contributed by atoms with Gasteiger partial charge in [0.1, 0.15) is 0 Å². The van der Waals surface area contributed by atoms with E-state index in [1.165, 1.54) is 0 Å². The van der Waals surface area contributed by atoms with Gasteiger partial charge >= 0.3 is 0 Å². The molecule has 0 bridgehead atoms. The van der Waals surface area contributed by atoms with Crippen LogP contribution in [0.15, 0.2) is 42.5 Å². The van der Waals surface area contributed by atoms with Gasteiger partial charge in [-0.3, -0.25) is 0 Å². The summed E-state index contributed by atoms with van der Waals surface area (Å²) in [5.74, 6) is 0.689. The Morgan fingerprint density at radius 2 is 1.74 bits per heavy atom. The molecule has 23 heavy (non-hydrogen) atoms. The highest BCUT2D eigenvalue weighted by Crippen LogP contribution is 2.52. The molecule has 1 heterocycles. The van der Waals surface area contributed by atoms with E-state index in [0.29, 0.717) is 26.0 Å². The maximum absolute atomic E-state index is 6.46. The lowest BCUT2D eigenvalue weighted by molar-refractivity contribution is 0.426. The quantitative estimate of drug-likeness (QED) is 0.515. The van der Waals surface area contributed by atoms with E-state index in [-0.39, 0.29) is 12.0 Å². The number of rotatable bonds is 1. The summed E-state index contributed by atoms with van der Waals surface area (Å²) in [7, 11) is 0. The summed E-state index contributed by atoms with van der Waals surface area (Å²) in [6, 6.07) is 9.71. The van der Waals surface area contributed by atoms with Crippen LogP contribution >= 0.6 is 46.4 Å². The molecule has 0 amide bonds. The Balaban J connectivity index is 1.82. The molecule has 4 rings (SSSR count). The summed E-state index contributed by atoms with van der Waals surface area (Å²) in [6.45, 7) is 0. The SMILES string of the molecule is Clc1cc(Cl)c2c(c1)N[C@H](c1ccc(Cl)c(Cl)c1)[C@@H]1CC=C[C@@H]21. The van der Waals surface area contributed by atoms with Crippen LogP contribution in [0.5, 0.6) is 0 Å². The largest absolute Gasteiger partial charge is 0.378 e. The third-order valence-electron chi connectivity index (χ3n) is 4.68. The summed E-state index contributed by atoms with van der Waals surface area (Å²) in [5, 5.41) is 6.09. The van der Waals surface area contributed by atoms with Gasteiger partial charge in [-0.25, -0.2) is 0 Å². The zero-order valence-corrected chi connectivity index (χ0v) is 15.0. The number of nitrogens with one attached hydrogen (secondary N) is 1. The molecule has 1 aliphatic heterocycles. The van der Waals surface area contributed by atoms with Crippen LogP contribution in [0.1, 0.15) is 29.5 Å². The second-order valence-electron chi connectivity index (χ2n) is 6.00. The van der Waals surface area contributed by atoms with Crippen LogP contribution in [0.3, 0.4) is 0 Å². The van der Waals surface area contributed by atoms with E-state index >= 15 is 0 Å². The lowest BCUT2D eigenvalue weighted by atomic mass is 9.77. The molecule has 2 aromatic carbocycles. The average Bonchev–Trinajstić information content (AvgIpc) is 2.97. The first-order valence-electron chi connectivity index (χ1n) is 7.41. The van der Waals surface area contributed by atoms with Crippen LogP contribution in [0, 0.1) is 5.92 Å². The molecule has 0 aromatic heterocycles. The smallest absolute Gasteiger partial charge is 0.0595 e. The number of halogens is 4.